The number of benzene rings is 1. The molecule has 1 heterocycles. The molecule has 1 amide bonds. The molecule has 1 aromatic heterocycles. The van der Waals surface area contributed by atoms with Crippen LogP contribution in [0.2, 0.25) is 0 Å². The lowest BCUT2D eigenvalue weighted by molar-refractivity contribution is -0.137. The third-order valence-corrected chi connectivity index (χ3v) is 3.49. The van der Waals surface area contributed by atoms with Crippen molar-refractivity contribution < 1.29 is 14.7 Å². The number of rotatable bonds is 7. The van der Waals surface area contributed by atoms with Crippen LogP contribution >= 0.6 is 15.9 Å². The fourth-order valence-corrected chi connectivity index (χ4v) is 2.16. The fraction of sp³-hybridized carbons (Fsp3) is 0.267. The van der Waals surface area contributed by atoms with E-state index < -0.39 is 5.97 Å². The predicted octanol–water partition coefficient (Wildman–Crippen LogP) is 2.89. The van der Waals surface area contributed by atoms with Gasteiger partial charge in [-0.1, -0.05) is 28.1 Å². The van der Waals surface area contributed by atoms with Crippen LogP contribution in [0.1, 0.15) is 24.8 Å². The number of halogens is 1. The SMILES string of the molecule is O=C(O)CCCC(=O)Nc1ccn(Cc2ccc(Br)cc2)n1. The first-order valence-electron chi connectivity index (χ1n) is 6.82. The summed E-state index contributed by atoms with van der Waals surface area (Å²) in [6.45, 7) is 0.613. The summed E-state index contributed by atoms with van der Waals surface area (Å²) in [4.78, 5) is 22.0. The standard InChI is InChI=1S/C15H16BrN3O3/c16-12-6-4-11(5-7-12)10-19-9-8-13(18-19)17-14(20)2-1-3-15(21)22/h4-9H,1-3,10H2,(H,21,22)(H,17,18,20). The third kappa shape index (κ3) is 5.33. The molecule has 0 spiro atoms. The molecular weight excluding hydrogens is 350 g/mol. The van der Waals surface area contributed by atoms with Gasteiger partial charge in [-0.2, -0.15) is 5.10 Å². The maximum atomic E-state index is 11.6. The van der Waals surface area contributed by atoms with Gasteiger partial charge in [-0.3, -0.25) is 14.3 Å². The van der Waals surface area contributed by atoms with Gasteiger partial charge in [0, 0.05) is 29.6 Å². The van der Waals surface area contributed by atoms with Gasteiger partial charge in [0.2, 0.25) is 5.91 Å². The second kappa shape index (κ2) is 7.74. The molecule has 0 aliphatic heterocycles. The highest BCUT2D eigenvalue weighted by Gasteiger charge is 2.07. The van der Waals surface area contributed by atoms with Crippen LogP contribution in [-0.4, -0.2) is 26.8 Å². The van der Waals surface area contributed by atoms with E-state index >= 15 is 0 Å². The zero-order chi connectivity index (χ0) is 15.9. The van der Waals surface area contributed by atoms with Crippen molar-refractivity contribution in [1.82, 2.24) is 9.78 Å². The Balaban J connectivity index is 1.84. The van der Waals surface area contributed by atoms with Crippen molar-refractivity contribution in [3.63, 3.8) is 0 Å². The first-order chi connectivity index (χ1) is 10.5. The average molecular weight is 366 g/mol. The van der Waals surface area contributed by atoms with Gasteiger partial charge in [-0.25, -0.2) is 0 Å². The monoisotopic (exact) mass is 365 g/mol. The summed E-state index contributed by atoms with van der Waals surface area (Å²) in [5.41, 5.74) is 1.10. The Bertz CT molecular complexity index is 652. The topological polar surface area (TPSA) is 84.2 Å². The Morgan fingerprint density at radius 1 is 1.18 bits per heavy atom. The Hall–Kier alpha value is -2.15. The van der Waals surface area contributed by atoms with Crippen LogP contribution in [0.25, 0.3) is 0 Å². The maximum absolute atomic E-state index is 11.6. The highest BCUT2D eigenvalue weighted by Crippen LogP contribution is 2.12. The predicted molar refractivity (Wildman–Crippen MR) is 85.6 cm³/mol. The van der Waals surface area contributed by atoms with Crippen molar-refractivity contribution in [2.75, 3.05) is 5.32 Å². The van der Waals surface area contributed by atoms with Crippen LogP contribution in [0.5, 0.6) is 0 Å². The van der Waals surface area contributed by atoms with Gasteiger partial charge < -0.3 is 10.4 Å². The average Bonchev–Trinajstić information content (AvgIpc) is 2.88. The molecule has 0 saturated heterocycles. The van der Waals surface area contributed by atoms with E-state index in [2.05, 4.69) is 26.3 Å². The fourth-order valence-electron chi connectivity index (χ4n) is 1.90. The van der Waals surface area contributed by atoms with Crippen molar-refractivity contribution in [3.8, 4) is 0 Å². The summed E-state index contributed by atoms with van der Waals surface area (Å²) in [5.74, 6) is -0.654. The number of nitrogens with one attached hydrogen (secondary N) is 1. The van der Waals surface area contributed by atoms with Gasteiger partial charge in [-0.05, 0) is 24.1 Å². The number of carbonyl (C=O) groups is 2. The summed E-state index contributed by atoms with van der Waals surface area (Å²) in [7, 11) is 0. The summed E-state index contributed by atoms with van der Waals surface area (Å²) < 4.78 is 2.75. The number of carboxylic acids is 1. The number of carbonyl (C=O) groups excluding carboxylic acids is 1. The molecule has 0 atom stereocenters. The first kappa shape index (κ1) is 16.2. The molecule has 0 bridgehead atoms. The largest absolute Gasteiger partial charge is 0.481 e. The minimum atomic E-state index is -0.897. The minimum Gasteiger partial charge on any atom is -0.481 e. The maximum Gasteiger partial charge on any atom is 0.303 e. The van der Waals surface area contributed by atoms with Gasteiger partial charge in [0.1, 0.15) is 0 Å². The minimum absolute atomic E-state index is 0.00850. The van der Waals surface area contributed by atoms with E-state index in [-0.39, 0.29) is 18.7 Å². The Morgan fingerprint density at radius 2 is 1.91 bits per heavy atom. The highest BCUT2D eigenvalue weighted by atomic mass is 79.9. The molecule has 22 heavy (non-hydrogen) atoms. The van der Waals surface area contributed by atoms with Crippen LogP contribution in [-0.2, 0) is 16.1 Å². The van der Waals surface area contributed by atoms with Crippen molar-refractivity contribution in [3.05, 3.63) is 46.6 Å². The molecule has 0 aliphatic carbocycles. The van der Waals surface area contributed by atoms with Crippen LogP contribution in [0.3, 0.4) is 0 Å². The van der Waals surface area contributed by atoms with Crippen molar-refractivity contribution in [2.24, 2.45) is 0 Å². The number of hydrogen-bond acceptors (Lipinski definition) is 3. The summed E-state index contributed by atoms with van der Waals surface area (Å²) in [6, 6.07) is 9.63. The molecule has 2 N–H and O–H groups in total. The van der Waals surface area contributed by atoms with Gasteiger partial charge in [0.15, 0.2) is 5.82 Å². The molecule has 0 aliphatic rings. The molecular formula is C15H16BrN3O3. The van der Waals surface area contributed by atoms with E-state index in [4.69, 9.17) is 5.11 Å². The number of anilines is 1. The number of aromatic nitrogens is 2. The van der Waals surface area contributed by atoms with Crippen LogP contribution in [0.4, 0.5) is 5.82 Å². The lowest BCUT2D eigenvalue weighted by Crippen LogP contribution is -2.12. The molecule has 0 radical (unpaired) electrons. The van der Waals surface area contributed by atoms with E-state index in [1.54, 1.807) is 16.9 Å². The number of hydrogen-bond donors (Lipinski definition) is 2. The molecule has 6 nitrogen and oxygen atoms in total. The van der Waals surface area contributed by atoms with E-state index in [1.807, 2.05) is 24.3 Å². The molecule has 1 aromatic carbocycles. The third-order valence-electron chi connectivity index (χ3n) is 2.96. The summed E-state index contributed by atoms with van der Waals surface area (Å²) in [5, 5.41) is 15.5. The van der Waals surface area contributed by atoms with Gasteiger partial charge in [0.05, 0.1) is 6.54 Å². The lowest BCUT2D eigenvalue weighted by Gasteiger charge is -2.03. The van der Waals surface area contributed by atoms with E-state index in [0.29, 0.717) is 18.8 Å². The molecule has 116 valence electrons. The van der Waals surface area contributed by atoms with Crippen molar-refractivity contribution in [2.45, 2.75) is 25.8 Å². The van der Waals surface area contributed by atoms with Gasteiger partial charge >= 0.3 is 5.97 Å². The lowest BCUT2D eigenvalue weighted by atomic mass is 10.2. The van der Waals surface area contributed by atoms with Crippen LogP contribution < -0.4 is 5.32 Å². The smallest absolute Gasteiger partial charge is 0.303 e. The summed E-state index contributed by atoms with van der Waals surface area (Å²) in [6.07, 6.45) is 2.27. The molecule has 2 rings (SSSR count). The van der Waals surface area contributed by atoms with Crippen LogP contribution in [0, 0.1) is 0 Å². The van der Waals surface area contributed by atoms with Crippen molar-refractivity contribution >= 4 is 33.6 Å². The zero-order valence-electron chi connectivity index (χ0n) is 11.8. The molecule has 0 fully saturated rings. The second-order valence-corrected chi connectivity index (χ2v) is 5.74. The highest BCUT2D eigenvalue weighted by molar-refractivity contribution is 9.10. The van der Waals surface area contributed by atoms with E-state index in [9.17, 15) is 9.59 Å². The van der Waals surface area contributed by atoms with Gasteiger partial charge in [-0.15, -0.1) is 0 Å². The van der Waals surface area contributed by atoms with Crippen molar-refractivity contribution in [1.29, 1.82) is 0 Å². The molecule has 0 saturated carbocycles. The Morgan fingerprint density at radius 3 is 2.59 bits per heavy atom. The van der Waals surface area contributed by atoms with Crippen LogP contribution in [0.15, 0.2) is 41.0 Å². The number of aliphatic carboxylic acids is 1. The number of nitrogens with zero attached hydrogens (tertiary/aromatic N) is 2. The summed E-state index contributed by atoms with van der Waals surface area (Å²) >= 11 is 3.38. The normalized spacial score (nSPS) is 10.4. The number of carboxylic acid groups (broad SMARTS) is 1. The zero-order valence-corrected chi connectivity index (χ0v) is 13.4. The second-order valence-electron chi connectivity index (χ2n) is 4.82. The Kier molecular flexibility index (Phi) is 5.71. The van der Waals surface area contributed by atoms with E-state index in [0.717, 1.165) is 10.0 Å². The van der Waals surface area contributed by atoms with E-state index in [1.165, 1.54) is 0 Å². The Labute approximate surface area is 136 Å². The first-order valence-corrected chi connectivity index (χ1v) is 7.62. The molecule has 2 aromatic rings. The molecule has 7 heteroatoms. The quantitative estimate of drug-likeness (QED) is 0.789. The molecule has 0 unspecified atom stereocenters. The van der Waals surface area contributed by atoms with Gasteiger partial charge in [0.25, 0.3) is 0 Å². The number of amides is 1.